The number of benzene rings is 1. The van der Waals surface area contributed by atoms with Gasteiger partial charge in [0.1, 0.15) is 17.5 Å². The Labute approximate surface area is 119 Å². The Morgan fingerprint density at radius 3 is 2.52 bits per heavy atom. The molecule has 1 fully saturated rings. The Kier molecular flexibility index (Phi) is 4.30. The minimum absolute atomic E-state index is 0.221. The maximum atomic E-state index is 13.8. The van der Waals surface area contributed by atoms with Crippen LogP contribution in [-0.2, 0) is 9.59 Å². The van der Waals surface area contributed by atoms with Crippen LogP contribution in [-0.4, -0.2) is 23.4 Å². The van der Waals surface area contributed by atoms with Crippen LogP contribution in [0, 0.1) is 17.5 Å². The number of piperidine rings is 1. The molecule has 21 heavy (non-hydrogen) atoms. The lowest BCUT2D eigenvalue weighted by atomic mass is 9.89. The van der Waals surface area contributed by atoms with E-state index in [2.05, 4.69) is 12.0 Å². The van der Waals surface area contributed by atoms with Gasteiger partial charge in [-0.3, -0.25) is 20.0 Å². The molecule has 0 saturated carbocycles. The molecule has 1 aliphatic heterocycles. The summed E-state index contributed by atoms with van der Waals surface area (Å²) in [7, 11) is 0. The van der Waals surface area contributed by atoms with E-state index in [1.54, 1.807) is 0 Å². The molecule has 1 atom stereocenters. The number of carbonyl (C=O) groups is 2. The average molecular weight is 298 g/mol. The molecule has 1 unspecified atom stereocenters. The van der Waals surface area contributed by atoms with Crippen LogP contribution < -0.4 is 5.43 Å². The molecule has 0 aliphatic carbocycles. The van der Waals surface area contributed by atoms with E-state index in [0.717, 1.165) is 11.1 Å². The third kappa shape index (κ3) is 3.07. The first-order chi connectivity index (χ1) is 9.93. The lowest BCUT2D eigenvalue weighted by molar-refractivity contribution is -0.143. The predicted molar refractivity (Wildman–Crippen MR) is 68.3 cm³/mol. The second-order valence-corrected chi connectivity index (χ2v) is 4.65. The Morgan fingerprint density at radius 2 is 1.95 bits per heavy atom. The van der Waals surface area contributed by atoms with Crippen molar-refractivity contribution in [2.75, 3.05) is 6.54 Å². The van der Waals surface area contributed by atoms with Gasteiger partial charge in [0.15, 0.2) is 0 Å². The molecule has 2 amide bonds. The zero-order valence-corrected chi connectivity index (χ0v) is 11.0. The summed E-state index contributed by atoms with van der Waals surface area (Å²) >= 11 is 0. The van der Waals surface area contributed by atoms with Gasteiger partial charge < -0.3 is 0 Å². The largest absolute Gasteiger partial charge is 0.272 e. The fourth-order valence-corrected chi connectivity index (χ4v) is 2.32. The summed E-state index contributed by atoms with van der Waals surface area (Å²) in [6.07, 6.45) is 1.65. The average Bonchev–Trinajstić information content (AvgIpc) is 2.41. The van der Waals surface area contributed by atoms with E-state index in [9.17, 15) is 22.8 Å². The van der Waals surface area contributed by atoms with Gasteiger partial charge in [-0.15, -0.1) is 0 Å². The molecule has 1 heterocycles. The van der Waals surface area contributed by atoms with Gasteiger partial charge in [0.05, 0.1) is 5.92 Å². The molecule has 1 N–H and O–H groups in total. The smallest absolute Gasteiger partial charge is 0.261 e. The van der Waals surface area contributed by atoms with Crippen molar-refractivity contribution < 1.29 is 22.8 Å². The van der Waals surface area contributed by atoms with Gasteiger partial charge in [-0.1, -0.05) is 6.58 Å². The highest BCUT2D eigenvalue weighted by Crippen LogP contribution is 2.31. The van der Waals surface area contributed by atoms with Crippen molar-refractivity contribution >= 4 is 11.8 Å². The van der Waals surface area contributed by atoms with E-state index in [-0.39, 0.29) is 13.0 Å². The van der Waals surface area contributed by atoms with Crippen molar-refractivity contribution in [3.05, 3.63) is 47.8 Å². The lowest BCUT2D eigenvalue weighted by Crippen LogP contribution is -2.50. The maximum Gasteiger partial charge on any atom is 0.261 e. The molecule has 0 radical (unpaired) electrons. The molecule has 7 heteroatoms. The van der Waals surface area contributed by atoms with Crippen LogP contribution in [0.2, 0.25) is 0 Å². The topological polar surface area (TPSA) is 49.4 Å². The summed E-state index contributed by atoms with van der Waals surface area (Å²) < 4.78 is 40.5. The van der Waals surface area contributed by atoms with Gasteiger partial charge in [0.2, 0.25) is 5.91 Å². The quantitative estimate of drug-likeness (QED) is 0.868. The zero-order chi connectivity index (χ0) is 15.6. The highest BCUT2D eigenvalue weighted by atomic mass is 19.1. The van der Waals surface area contributed by atoms with E-state index in [0.29, 0.717) is 18.6 Å². The first-order valence-corrected chi connectivity index (χ1v) is 6.33. The SMILES string of the molecule is C=CC(=O)NN1CCCC(c2c(F)cc(F)cc2F)C1=O. The van der Waals surface area contributed by atoms with Crippen LogP contribution in [0.4, 0.5) is 13.2 Å². The molecule has 0 aromatic heterocycles. The number of nitrogens with one attached hydrogen (secondary N) is 1. The van der Waals surface area contributed by atoms with Crippen LogP contribution >= 0.6 is 0 Å². The molecule has 2 rings (SSSR count). The Morgan fingerprint density at radius 1 is 1.33 bits per heavy atom. The van der Waals surface area contributed by atoms with Crippen molar-refractivity contribution in [1.82, 2.24) is 10.4 Å². The molecule has 0 spiro atoms. The van der Waals surface area contributed by atoms with Gasteiger partial charge in [-0.05, 0) is 18.9 Å². The Balaban J connectivity index is 2.30. The maximum absolute atomic E-state index is 13.8. The Hall–Kier alpha value is -2.31. The molecule has 1 aromatic rings. The highest BCUT2D eigenvalue weighted by Gasteiger charge is 2.34. The monoisotopic (exact) mass is 298 g/mol. The molecule has 1 saturated heterocycles. The number of hydrogen-bond donors (Lipinski definition) is 1. The predicted octanol–water partition coefficient (Wildman–Crippen LogP) is 2.03. The van der Waals surface area contributed by atoms with E-state index < -0.39 is 40.7 Å². The molecule has 4 nitrogen and oxygen atoms in total. The number of rotatable bonds is 3. The highest BCUT2D eigenvalue weighted by molar-refractivity contribution is 5.91. The second kappa shape index (κ2) is 5.99. The fourth-order valence-electron chi connectivity index (χ4n) is 2.32. The van der Waals surface area contributed by atoms with E-state index in [4.69, 9.17) is 0 Å². The molecule has 112 valence electrons. The van der Waals surface area contributed by atoms with Gasteiger partial charge in [0.25, 0.3) is 5.91 Å². The lowest BCUT2D eigenvalue weighted by Gasteiger charge is -2.32. The summed E-state index contributed by atoms with van der Waals surface area (Å²) in [4.78, 5) is 23.4. The van der Waals surface area contributed by atoms with Crippen LogP contribution in [0.15, 0.2) is 24.8 Å². The minimum Gasteiger partial charge on any atom is -0.272 e. The second-order valence-electron chi connectivity index (χ2n) is 4.65. The van der Waals surface area contributed by atoms with Gasteiger partial charge in [-0.25, -0.2) is 13.2 Å². The molecule has 0 bridgehead atoms. The number of nitrogens with zero attached hydrogens (tertiary/aromatic N) is 1. The van der Waals surface area contributed by atoms with Crippen LogP contribution in [0.1, 0.15) is 24.3 Å². The van der Waals surface area contributed by atoms with Crippen molar-refractivity contribution in [2.45, 2.75) is 18.8 Å². The first-order valence-electron chi connectivity index (χ1n) is 6.33. The van der Waals surface area contributed by atoms with E-state index in [1.807, 2.05) is 0 Å². The standard InChI is InChI=1S/C14H13F3N2O2/c1-2-12(20)18-19-5-3-4-9(14(19)21)13-10(16)6-8(15)7-11(13)17/h2,6-7,9H,1,3-5H2,(H,18,20). The van der Waals surface area contributed by atoms with Crippen molar-refractivity contribution in [3.8, 4) is 0 Å². The number of carbonyl (C=O) groups excluding carboxylic acids is 2. The van der Waals surface area contributed by atoms with Crippen LogP contribution in [0.3, 0.4) is 0 Å². The number of amides is 2. The summed E-state index contributed by atoms with van der Waals surface area (Å²) in [5.41, 5.74) is 1.80. The zero-order valence-electron chi connectivity index (χ0n) is 11.0. The normalized spacial score (nSPS) is 18.5. The van der Waals surface area contributed by atoms with Gasteiger partial charge in [-0.2, -0.15) is 0 Å². The fraction of sp³-hybridized carbons (Fsp3) is 0.286. The number of halogens is 3. The minimum atomic E-state index is -1.11. The molecular weight excluding hydrogens is 285 g/mol. The number of hydrogen-bond acceptors (Lipinski definition) is 2. The van der Waals surface area contributed by atoms with Crippen molar-refractivity contribution in [2.24, 2.45) is 0 Å². The van der Waals surface area contributed by atoms with Crippen molar-refractivity contribution in [1.29, 1.82) is 0 Å². The molecule has 1 aromatic carbocycles. The summed E-state index contributed by atoms with van der Waals surface area (Å²) in [5, 5.41) is 1.00. The summed E-state index contributed by atoms with van der Waals surface area (Å²) in [5.74, 6) is -5.59. The van der Waals surface area contributed by atoms with Crippen LogP contribution in [0.25, 0.3) is 0 Å². The Bertz CT molecular complexity index is 581. The van der Waals surface area contributed by atoms with E-state index >= 15 is 0 Å². The third-order valence-corrected chi connectivity index (χ3v) is 3.26. The summed E-state index contributed by atoms with van der Waals surface area (Å²) in [6.45, 7) is 3.49. The van der Waals surface area contributed by atoms with E-state index in [1.165, 1.54) is 0 Å². The number of hydrazine groups is 1. The van der Waals surface area contributed by atoms with Gasteiger partial charge in [0, 0.05) is 24.2 Å². The molecule has 1 aliphatic rings. The van der Waals surface area contributed by atoms with Crippen molar-refractivity contribution in [3.63, 3.8) is 0 Å². The molecular formula is C14H13F3N2O2. The van der Waals surface area contributed by atoms with Gasteiger partial charge >= 0.3 is 0 Å². The third-order valence-electron chi connectivity index (χ3n) is 3.26. The van der Waals surface area contributed by atoms with Crippen LogP contribution in [0.5, 0.6) is 0 Å². The first kappa shape index (κ1) is 15.1. The summed E-state index contributed by atoms with van der Waals surface area (Å²) in [6, 6.07) is 1.07.